The van der Waals surface area contributed by atoms with Crippen molar-refractivity contribution >= 4 is 11.8 Å². The Morgan fingerprint density at radius 3 is 2.04 bits per heavy atom. The van der Waals surface area contributed by atoms with Gasteiger partial charge in [-0.2, -0.15) is 0 Å². The third-order valence-electron chi connectivity index (χ3n) is 4.22. The molecule has 0 heterocycles. The maximum absolute atomic E-state index is 12.6. The minimum Gasteiger partial charge on any atom is -0.493 e. The lowest BCUT2D eigenvalue weighted by atomic mass is 10.0. The highest BCUT2D eigenvalue weighted by Crippen LogP contribution is 2.40. The van der Waals surface area contributed by atoms with Crippen molar-refractivity contribution in [3.05, 3.63) is 53.1 Å². The lowest BCUT2D eigenvalue weighted by Crippen LogP contribution is -2.24. The maximum atomic E-state index is 12.6. The van der Waals surface area contributed by atoms with Crippen LogP contribution in [0.4, 0.5) is 0 Å². The van der Waals surface area contributed by atoms with Gasteiger partial charge in [0, 0.05) is 5.56 Å². The van der Waals surface area contributed by atoms with Gasteiger partial charge in [-0.1, -0.05) is 31.2 Å². The Morgan fingerprint density at radius 2 is 1.52 bits per heavy atom. The lowest BCUT2D eigenvalue weighted by molar-refractivity contribution is 0.0315. The lowest BCUT2D eigenvalue weighted by Gasteiger charge is -2.17. The second-order valence-corrected chi connectivity index (χ2v) is 5.84. The number of ether oxygens (including phenoxy) is 4. The first-order valence-electron chi connectivity index (χ1n) is 8.59. The molecule has 2 aromatic carbocycles. The van der Waals surface area contributed by atoms with Crippen LogP contribution in [0.5, 0.6) is 17.2 Å². The zero-order valence-electron chi connectivity index (χ0n) is 16.2. The molecule has 1 atom stereocenters. The van der Waals surface area contributed by atoms with Crippen molar-refractivity contribution in [3.8, 4) is 17.2 Å². The van der Waals surface area contributed by atoms with E-state index in [2.05, 4.69) is 0 Å². The average molecular weight is 372 g/mol. The van der Waals surface area contributed by atoms with Crippen LogP contribution in [-0.4, -0.2) is 39.2 Å². The predicted octanol–water partition coefficient (Wildman–Crippen LogP) is 3.70. The van der Waals surface area contributed by atoms with Gasteiger partial charge in [0.05, 0.1) is 21.3 Å². The molecule has 0 radical (unpaired) electrons. The number of benzene rings is 2. The Kier molecular flexibility index (Phi) is 6.82. The van der Waals surface area contributed by atoms with Gasteiger partial charge in [-0.15, -0.1) is 0 Å². The van der Waals surface area contributed by atoms with E-state index in [4.69, 9.17) is 18.9 Å². The monoisotopic (exact) mass is 372 g/mol. The maximum Gasteiger partial charge on any atom is 0.342 e. The summed E-state index contributed by atoms with van der Waals surface area (Å²) < 4.78 is 21.1. The van der Waals surface area contributed by atoms with Gasteiger partial charge < -0.3 is 18.9 Å². The second-order valence-electron chi connectivity index (χ2n) is 5.84. The summed E-state index contributed by atoms with van der Waals surface area (Å²) in [4.78, 5) is 25.1. The summed E-state index contributed by atoms with van der Waals surface area (Å²) in [5.74, 6) is -0.0623. The van der Waals surface area contributed by atoms with Crippen molar-refractivity contribution < 1.29 is 28.5 Å². The summed E-state index contributed by atoms with van der Waals surface area (Å²) in [6, 6.07) is 10.3. The van der Waals surface area contributed by atoms with E-state index in [1.807, 2.05) is 19.1 Å². The molecule has 144 valence electrons. The highest BCUT2D eigenvalue weighted by Gasteiger charge is 2.25. The van der Waals surface area contributed by atoms with Gasteiger partial charge in [0.15, 0.2) is 17.6 Å². The van der Waals surface area contributed by atoms with E-state index < -0.39 is 12.1 Å². The molecule has 6 nitrogen and oxygen atoms in total. The quantitative estimate of drug-likeness (QED) is 0.520. The summed E-state index contributed by atoms with van der Waals surface area (Å²) in [5.41, 5.74) is 1.77. The Bertz CT molecular complexity index is 810. The number of Topliss-reactive ketones (excluding diaryl/α,β-unsaturated/α-hetero) is 1. The molecular weight excluding hydrogens is 348 g/mol. The highest BCUT2D eigenvalue weighted by atomic mass is 16.6. The number of methoxy groups -OCH3 is 3. The van der Waals surface area contributed by atoms with Gasteiger partial charge in [0.25, 0.3) is 0 Å². The summed E-state index contributed by atoms with van der Waals surface area (Å²) in [6.07, 6.45) is -0.0549. The third kappa shape index (κ3) is 4.39. The molecule has 0 aliphatic rings. The van der Waals surface area contributed by atoms with Gasteiger partial charge in [0.1, 0.15) is 5.56 Å². The van der Waals surface area contributed by atoms with Crippen molar-refractivity contribution in [3.63, 3.8) is 0 Å². The van der Waals surface area contributed by atoms with Gasteiger partial charge >= 0.3 is 5.97 Å². The Balaban J connectivity index is 2.21. The number of carbonyl (C=O) groups excluding carboxylic acids is 2. The van der Waals surface area contributed by atoms with Crippen LogP contribution < -0.4 is 14.2 Å². The van der Waals surface area contributed by atoms with E-state index >= 15 is 0 Å². The number of hydrogen-bond donors (Lipinski definition) is 0. The van der Waals surface area contributed by atoms with Crippen LogP contribution >= 0.6 is 0 Å². The summed E-state index contributed by atoms with van der Waals surface area (Å²) >= 11 is 0. The van der Waals surface area contributed by atoms with Crippen molar-refractivity contribution in [2.45, 2.75) is 26.4 Å². The van der Waals surface area contributed by atoms with E-state index in [-0.39, 0.29) is 22.8 Å². The fourth-order valence-electron chi connectivity index (χ4n) is 2.68. The molecule has 0 N–H and O–H groups in total. The standard InChI is InChI=1S/C21H24O6/c1-6-14-7-9-15(10-8-14)18(22)13(2)27-21(23)16-11-12-17(24-3)20(26-5)19(16)25-4/h7-13H,6H2,1-5H3/t13-/m1/s1. The van der Waals surface area contributed by atoms with Gasteiger partial charge in [0.2, 0.25) is 11.5 Å². The van der Waals surface area contributed by atoms with Crippen LogP contribution in [-0.2, 0) is 11.2 Å². The zero-order valence-corrected chi connectivity index (χ0v) is 16.2. The largest absolute Gasteiger partial charge is 0.493 e. The molecule has 0 bridgehead atoms. The normalized spacial score (nSPS) is 11.4. The van der Waals surface area contributed by atoms with Gasteiger partial charge in [-0.05, 0) is 31.0 Å². The molecule has 6 heteroatoms. The van der Waals surface area contributed by atoms with Crippen LogP contribution in [0.3, 0.4) is 0 Å². The van der Waals surface area contributed by atoms with Crippen molar-refractivity contribution in [1.82, 2.24) is 0 Å². The Hall–Kier alpha value is -3.02. The predicted molar refractivity (Wildman–Crippen MR) is 101 cm³/mol. The minimum absolute atomic E-state index is 0.149. The second kappa shape index (κ2) is 9.07. The molecule has 2 aromatic rings. The summed E-state index contributed by atoms with van der Waals surface area (Å²) in [7, 11) is 4.35. The van der Waals surface area contributed by atoms with E-state index in [0.29, 0.717) is 11.3 Å². The molecule has 27 heavy (non-hydrogen) atoms. The molecule has 0 unspecified atom stereocenters. The van der Waals surface area contributed by atoms with E-state index in [1.54, 1.807) is 25.1 Å². The highest BCUT2D eigenvalue weighted by molar-refractivity contribution is 6.02. The number of ketones is 1. The molecule has 0 aromatic heterocycles. The fourth-order valence-corrected chi connectivity index (χ4v) is 2.68. The topological polar surface area (TPSA) is 71.1 Å². The molecule has 0 spiro atoms. The van der Waals surface area contributed by atoms with Gasteiger partial charge in [-0.3, -0.25) is 4.79 Å². The first-order valence-corrected chi connectivity index (χ1v) is 8.59. The van der Waals surface area contributed by atoms with E-state index in [1.165, 1.54) is 27.4 Å². The molecule has 0 saturated carbocycles. The molecule has 2 rings (SSSR count). The molecule has 0 amide bonds. The van der Waals surface area contributed by atoms with E-state index in [9.17, 15) is 9.59 Å². The number of rotatable bonds is 8. The Morgan fingerprint density at radius 1 is 0.889 bits per heavy atom. The van der Waals surface area contributed by atoms with Crippen LogP contribution in [0.25, 0.3) is 0 Å². The molecule has 0 aliphatic carbocycles. The van der Waals surface area contributed by atoms with Crippen molar-refractivity contribution in [2.75, 3.05) is 21.3 Å². The van der Waals surface area contributed by atoms with E-state index in [0.717, 1.165) is 12.0 Å². The molecule has 0 saturated heterocycles. The first kappa shape index (κ1) is 20.3. The Labute approximate surface area is 159 Å². The third-order valence-corrected chi connectivity index (χ3v) is 4.22. The number of esters is 1. The summed E-state index contributed by atoms with van der Waals surface area (Å²) in [6.45, 7) is 3.58. The minimum atomic E-state index is -0.942. The number of hydrogen-bond acceptors (Lipinski definition) is 6. The first-order chi connectivity index (χ1) is 13.0. The molecule has 0 fully saturated rings. The van der Waals surface area contributed by atoms with Crippen LogP contribution in [0.2, 0.25) is 0 Å². The molecular formula is C21H24O6. The SMILES string of the molecule is CCc1ccc(C(=O)[C@@H](C)OC(=O)c2ccc(OC)c(OC)c2OC)cc1. The van der Waals surface area contributed by atoms with Crippen LogP contribution in [0.1, 0.15) is 40.1 Å². The number of aryl methyl sites for hydroxylation is 1. The zero-order chi connectivity index (χ0) is 20.0. The fraction of sp³-hybridized carbons (Fsp3) is 0.333. The average Bonchev–Trinajstić information content (AvgIpc) is 2.71. The summed E-state index contributed by atoms with van der Waals surface area (Å²) in [5, 5.41) is 0. The van der Waals surface area contributed by atoms with Gasteiger partial charge in [-0.25, -0.2) is 4.79 Å². The van der Waals surface area contributed by atoms with Crippen molar-refractivity contribution in [2.24, 2.45) is 0 Å². The van der Waals surface area contributed by atoms with Crippen LogP contribution in [0, 0.1) is 0 Å². The van der Waals surface area contributed by atoms with Crippen molar-refractivity contribution in [1.29, 1.82) is 0 Å². The molecule has 0 aliphatic heterocycles. The number of carbonyl (C=O) groups is 2. The smallest absolute Gasteiger partial charge is 0.342 e. The van der Waals surface area contributed by atoms with Crippen LogP contribution in [0.15, 0.2) is 36.4 Å².